The van der Waals surface area contributed by atoms with E-state index in [0.717, 1.165) is 24.5 Å². The molecule has 2 atom stereocenters. The summed E-state index contributed by atoms with van der Waals surface area (Å²) in [6, 6.07) is 6.44. The number of benzene rings is 1. The Labute approximate surface area is 96.8 Å². The maximum absolute atomic E-state index is 5.87. The Morgan fingerprint density at radius 3 is 3.00 bits per heavy atom. The molecular weight excluding hydrogens is 202 g/mol. The Morgan fingerprint density at radius 1 is 1.50 bits per heavy atom. The number of ether oxygens (including phenoxy) is 2. The van der Waals surface area contributed by atoms with Gasteiger partial charge in [-0.3, -0.25) is 0 Å². The zero-order valence-electron chi connectivity index (χ0n) is 10.1. The molecule has 0 aromatic heterocycles. The van der Waals surface area contributed by atoms with Crippen LogP contribution in [0.3, 0.4) is 0 Å². The fourth-order valence-corrected chi connectivity index (χ4v) is 2.24. The molecule has 0 saturated heterocycles. The molecule has 0 fully saturated rings. The molecule has 3 heteroatoms. The van der Waals surface area contributed by atoms with Crippen LogP contribution in [0.2, 0.25) is 0 Å². The maximum Gasteiger partial charge on any atom is 0.166 e. The summed E-state index contributed by atoms with van der Waals surface area (Å²) in [4.78, 5) is 0. The summed E-state index contributed by atoms with van der Waals surface area (Å²) in [6.45, 7) is 5.19. The van der Waals surface area contributed by atoms with Crippen LogP contribution in [0.4, 0.5) is 0 Å². The average molecular weight is 221 g/mol. The molecule has 1 heterocycles. The van der Waals surface area contributed by atoms with Gasteiger partial charge in [0.2, 0.25) is 0 Å². The zero-order valence-corrected chi connectivity index (χ0v) is 10.1. The van der Waals surface area contributed by atoms with Gasteiger partial charge in [0.1, 0.15) is 0 Å². The van der Waals surface area contributed by atoms with Crippen molar-refractivity contribution in [3.8, 4) is 11.5 Å². The summed E-state index contributed by atoms with van der Waals surface area (Å²) >= 11 is 0. The van der Waals surface area contributed by atoms with Gasteiger partial charge < -0.3 is 14.8 Å². The van der Waals surface area contributed by atoms with Gasteiger partial charge in [0, 0.05) is 18.0 Å². The van der Waals surface area contributed by atoms with E-state index in [1.54, 1.807) is 7.11 Å². The topological polar surface area (TPSA) is 30.5 Å². The molecule has 88 valence electrons. The van der Waals surface area contributed by atoms with Crippen LogP contribution in [0.5, 0.6) is 11.5 Å². The largest absolute Gasteiger partial charge is 0.493 e. The number of methoxy groups -OCH3 is 1. The van der Waals surface area contributed by atoms with Crippen molar-refractivity contribution >= 4 is 0 Å². The predicted molar refractivity (Wildman–Crippen MR) is 64.1 cm³/mol. The highest BCUT2D eigenvalue weighted by molar-refractivity contribution is 5.49. The molecule has 0 amide bonds. The first kappa shape index (κ1) is 11.3. The summed E-state index contributed by atoms with van der Waals surface area (Å²) in [7, 11) is 1.68. The van der Waals surface area contributed by atoms with Crippen molar-refractivity contribution in [1.29, 1.82) is 0 Å². The molecule has 0 aliphatic carbocycles. The van der Waals surface area contributed by atoms with E-state index in [-0.39, 0.29) is 6.10 Å². The molecule has 1 aromatic carbocycles. The van der Waals surface area contributed by atoms with Crippen molar-refractivity contribution in [3.63, 3.8) is 0 Å². The van der Waals surface area contributed by atoms with E-state index in [2.05, 4.69) is 25.2 Å². The highest BCUT2D eigenvalue weighted by Gasteiger charge is 2.27. The molecule has 1 aromatic rings. The average Bonchev–Trinajstić information content (AvgIpc) is 2.28. The van der Waals surface area contributed by atoms with Crippen molar-refractivity contribution in [2.45, 2.75) is 32.4 Å². The lowest BCUT2D eigenvalue weighted by molar-refractivity contribution is 0.160. The van der Waals surface area contributed by atoms with E-state index >= 15 is 0 Å². The first-order chi connectivity index (χ1) is 7.76. The molecule has 1 N–H and O–H groups in total. The molecule has 1 aliphatic heterocycles. The van der Waals surface area contributed by atoms with Gasteiger partial charge in [0.15, 0.2) is 11.5 Å². The minimum Gasteiger partial charge on any atom is -0.493 e. The summed E-state index contributed by atoms with van der Waals surface area (Å²) in [6.07, 6.45) is 1.24. The van der Waals surface area contributed by atoms with Gasteiger partial charge in [0.25, 0.3) is 0 Å². The Hall–Kier alpha value is -1.22. The molecule has 0 spiro atoms. The van der Waals surface area contributed by atoms with Gasteiger partial charge >= 0.3 is 0 Å². The third-order valence-electron chi connectivity index (χ3n) is 2.94. The van der Waals surface area contributed by atoms with Crippen LogP contribution < -0.4 is 14.8 Å². The summed E-state index contributed by atoms with van der Waals surface area (Å²) in [5, 5.41) is 3.49. The number of nitrogens with one attached hydrogen (secondary N) is 1. The van der Waals surface area contributed by atoms with Crippen LogP contribution in [0, 0.1) is 0 Å². The monoisotopic (exact) mass is 221 g/mol. The number of hydrogen-bond acceptors (Lipinski definition) is 3. The summed E-state index contributed by atoms with van der Waals surface area (Å²) in [5.74, 6) is 1.72. The van der Waals surface area contributed by atoms with Gasteiger partial charge in [-0.15, -0.1) is 0 Å². The minimum absolute atomic E-state index is 0.229. The maximum atomic E-state index is 5.87. The van der Waals surface area contributed by atoms with E-state index < -0.39 is 0 Å². The summed E-state index contributed by atoms with van der Waals surface area (Å²) < 4.78 is 11.2. The van der Waals surface area contributed by atoms with Crippen LogP contribution in [0.1, 0.15) is 31.9 Å². The highest BCUT2D eigenvalue weighted by Crippen LogP contribution is 2.40. The first-order valence-corrected chi connectivity index (χ1v) is 5.83. The Morgan fingerprint density at radius 2 is 2.31 bits per heavy atom. The summed E-state index contributed by atoms with van der Waals surface area (Å²) in [5.41, 5.74) is 1.21. The van der Waals surface area contributed by atoms with E-state index in [0.29, 0.717) is 6.04 Å². The predicted octanol–water partition coefficient (Wildman–Crippen LogP) is 2.52. The number of hydrogen-bond donors (Lipinski definition) is 1. The van der Waals surface area contributed by atoms with Crippen molar-refractivity contribution in [1.82, 2.24) is 5.32 Å². The van der Waals surface area contributed by atoms with Gasteiger partial charge in [-0.25, -0.2) is 0 Å². The van der Waals surface area contributed by atoms with Gasteiger partial charge in [-0.05, 0) is 19.5 Å². The van der Waals surface area contributed by atoms with Crippen molar-refractivity contribution < 1.29 is 9.47 Å². The van der Waals surface area contributed by atoms with E-state index in [9.17, 15) is 0 Å². The SMILES string of the molecule is CCNC1CC(C)Oc2c(OC)cccc21. The molecule has 16 heavy (non-hydrogen) atoms. The van der Waals surface area contributed by atoms with Crippen LogP contribution in [-0.4, -0.2) is 19.8 Å². The van der Waals surface area contributed by atoms with Crippen molar-refractivity contribution in [2.24, 2.45) is 0 Å². The fourth-order valence-electron chi connectivity index (χ4n) is 2.24. The molecule has 0 bridgehead atoms. The fraction of sp³-hybridized carbons (Fsp3) is 0.538. The Bertz CT molecular complexity index is 365. The van der Waals surface area contributed by atoms with E-state index in [1.807, 2.05) is 12.1 Å². The van der Waals surface area contributed by atoms with Crippen LogP contribution >= 0.6 is 0 Å². The smallest absolute Gasteiger partial charge is 0.166 e. The molecule has 3 nitrogen and oxygen atoms in total. The molecule has 2 rings (SSSR count). The zero-order chi connectivity index (χ0) is 11.5. The van der Waals surface area contributed by atoms with Crippen molar-refractivity contribution in [2.75, 3.05) is 13.7 Å². The number of rotatable bonds is 3. The second-order valence-electron chi connectivity index (χ2n) is 4.15. The molecule has 0 saturated carbocycles. The highest BCUT2D eigenvalue weighted by atomic mass is 16.5. The van der Waals surface area contributed by atoms with E-state index in [1.165, 1.54) is 5.56 Å². The Kier molecular flexibility index (Phi) is 3.34. The minimum atomic E-state index is 0.229. The third-order valence-corrected chi connectivity index (χ3v) is 2.94. The van der Waals surface area contributed by atoms with Crippen LogP contribution in [0.25, 0.3) is 0 Å². The normalized spacial score (nSPS) is 23.4. The lowest BCUT2D eigenvalue weighted by Crippen LogP contribution is -2.31. The lowest BCUT2D eigenvalue weighted by Gasteiger charge is -2.31. The first-order valence-electron chi connectivity index (χ1n) is 5.83. The van der Waals surface area contributed by atoms with Crippen LogP contribution in [-0.2, 0) is 0 Å². The third kappa shape index (κ3) is 2.00. The van der Waals surface area contributed by atoms with Gasteiger partial charge in [0.05, 0.1) is 13.2 Å². The van der Waals surface area contributed by atoms with Crippen LogP contribution in [0.15, 0.2) is 18.2 Å². The molecule has 0 radical (unpaired) electrons. The quantitative estimate of drug-likeness (QED) is 0.850. The van der Waals surface area contributed by atoms with E-state index in [4.69, 9.17) is 9.47 Å². The molecular formula is C13H19NO2. The van der Waals surface area contributed by atoms with Gasteiger partial charge in [-0.1, -0.05) is 19.1 Å². The van der Waals surface area contributed by atoms with Gasteiger partial charge in [-0.2, -0.15) is 0 Å². The Balaban J connectivity index is 2.38. The second-order valence-corrected chi connectivity index (χ2v) is 4.15. The standard InChI is InChI=1S/C13H19NO2/c1-4-14-11-8-9(2)16-13-10(11)6-5-7-12(13)15-3/h5-7,9,11,14H,4,8H2,1-3H3. The van der Waals surface area contributed by atoms with Crippen molar-refractivity contribution in [3.05, 3.63) is 23.8 Å². The number of para-hydroxylation sites is 1. The molecule has 2 unspecified atom stereocenters. The number of fused-ring (bicyclic) bond motifs is 1. The second kappa shape index (κ2) is 4.74. The molecule has 1 aliphatic rings. The lowest BCUT2D eigenvalue weighted by atomic mass is 9.96.